The Labute approximate surface area is 183 Å². The molecule has 0 radical (unpaired) electrons. The Hall–Kier alpha value is -3.23. The maximum atomic E-state index is 14.8. The van der Waals surface area contributed by atoms with Gasteiger partial charge in [0.15, 0.2) is 5.78 Å². The van der Waals surface area contributed by atoms with Crippen LogP contribution in [-0.2, 0) is 15.9 Å². The molecule has 2 fully saturated rings. The van der Waals surface area contributed by atoms with Crippen molar-refractivity contribution in [3.8, 4) is 0 Å². The smallest absolute Gasteiger partial charge is 0.158 e. The minimum Gasteiger partial charge on any atom is -0.298 e. The molecule has 9 heteroatoms. The number of halogens is 2. The minimum atomic E-state index is -1.04. The predicted molar refractivity (Wildman–Crippen MR) is 110 cm³/mol. The summed E-state index contributed by atoms with van der Waals surface area (Å²) in [5.74, 6) is -0.787. The summed E-state index contributed by atoms with van der Waals surface area (Å²) in [6.07, 6.45) is 18.6. The molecule has 0 amide bonds. The lowest BCUT2D eigenvalue weighted by Crippen LogP contribution is -2.56. The molecule has 0 bridgehead atoms. The van der Waals surface area contributed by atoms with E-state index in [-0.39, 0.29) is 30.3 Å². The first-order valence-electron chi connectivity index (χ1n) is 10.8. The van der Waals surface area contributed by atoms with Gasteiger partial charge in [0, 0.05) is 0 Å². The highest BCUT2D eigenvalue weighted by atomic mass is 19.1. The average Bonchev–Trinajstić information content (AvgIpc) is 3.67. The number of hydrogen-bond acceptors (Lipinski definition) is 5. The van der Waals surface area contributed by atoms with Crippen molar-refractivity contribution in [3.05, 3.63) is 73.4 Å². The lowest BCUT2D eigenvalue weighted by molar-refractivity contribution is -0.141. The van der Waals surface area contributed by atoms with Crippen molar-refractivity contribution >= 4 is 5.78 Å². The Morgan fingerprint density at radius 1 is 0.781 bits per heavy atom. The molecular formula is C23H22F2N6O. The summed E-state index contributed by atoms with van der Waals surface area (Å²) in [5.41, 5.74) is -3.35. The number of aromatic nitrogens is 6. The van der Waals surface area contributed by atoms with E-state index in [0.29, 0.717) is 0 Å². The first-order valence-corrected chi connectivity index (χ1v) is 10.8. The van der Waals surface area contributed by atoms with Crippen molar-refractivity contribution < 1.29 is 13.6 Å². The van der Waals surface area contributed by atoms with Crippen LogP contribution in [0.1, 0.15) is 38.5 Å². The topological polar surface area (TPSA) is 78.5 Å². The SMILES string of the molecule is O=C(C1(C2(n3cncn3)CC2)C=CC(F)=CC1)C1(C2(n3cncn3)CC2)C=CC(F)=CC1. The number of ketones is 1. The third kappa shape index (κ3) is 2.36. The van der Waals surface area contributed by atoms with Gasteiger partial charge in [-0.1, -0.05) is 12.2 Å². The van der Waals surface area contributed by atoms with E-state index in [1.807, 2.05) is 0 Å². The summed E-state index contributed by atoms with van der Waals surface area (Å²) < 4.78 is 31.8. The second kappa shape index (κ2) is 6.40. The average molecular weight is 436 g/mol. The van der Waals surface area contributed by atoms with Crippen LogP contribution >= 0.6 is 0 Å². The van der Waals surface area contributed by atoms with Gasteiger partial charge in [0.05, 0.1) is 21.9 Å². The van der Waals surface area contributed by atoms with Crippen LogP contribution in [0.3, 0.4) is 0 Å². The highest BCUT2D eigenvalue weighted by Gasteiger charge is 2.72. The Balaban J connectivity index is 1.54. The van der Waals surface area contributed by atoms with Crippen LogP contribution in [0.4, 0.5) is 8.78 Å². The fourth-order valence-electron chi connectivity index (χ4n) is 5.94. The molecular weight excluding hydrogens is 414 g/mol. The molecule has 0 N–H and O–H groups in total. The second-order valence-corrected chi connectivity index (χ2v) is 9.27. The van der Waals surface area contributed by atoms with Crippen molar-refractivity contribution in [1.29, 1.82) is 0 Å². The van der Waals surface area contributed by atoms with Gasteiger partial charge < -0.3 is 0 Å². The molecule has 4 aliphatic rings. The molecule has 2 saturated carbocycles. The van der Waals surface area contributed by atoms with E-state index in [1.54, 1.807) is 34.2 Å². The van der Waals surface area contributed by atoms with Crippen LogP contribution in [0.5, 0.6) is 0 Å². The molecule has 2 aromatic heterocycles. The third-order valence-electron chi connectivity index (χ3n) is 7.93. The number of nitrogens with zero attached hydrogens (tertiary/aromatic N) is 6. The zero-order valence-corrected chi connectivity index (χ0v) is 17.4. The Morgan fingerprint density at radius 2 is 1.22 bits per heavy atom. The maximum absolute atomic E-state index is 14.8. The molecule has 4 aliphatic carbocycles. The lowest BCUT2D eigenvalue weighted by atomic mass is 9.57. The summed E-state index contributed by atoms with van der Waals surface area (Å²) >= 11 is 0. The summed E-state index contributed by atoms with van der Waals surface area (Å²) in [5, 5.41) is 8.73. The van der Waals surface area contributed by atoms with Gasteiger partial charge in [0.25, 0.3) is 0 Å². The van der Waals surface area contributed by atoms with Gasteiger partial charge in [-0.15, -0.1) is 0 Å². The molecule has 0 spiro atoms. The summed E-state index contributed by atoms with van der Waals surface area (Å²) in [6, 6.07) is 0. The number of carbonyl (C=O) groups is 1. The largest absolute Gasteiger partial charge is 0.298 e. The fourth-order valence-corrected chi connectivity index (χ4v) is 5.94. The van der Waals surface area contributed by atoms with E-state index in [9.17, 15) is 13.6 Å². The number of rotatable bonds is 6. The molecule has 2 heterocycles. The van der Waals surface area contributed by atoms with Gasteiger partial charge in [0.1, 0.15) is 37.0 Å². The quantitative estimate of drug-likeness (QED) is 0.690. The fraction of sp³-hybridized carbons (Fsp3) is 0.435. The van der Waals surface area contributed by atoms with Gasteiger partial charge in [-0.2, -0.15) is 10.2 Å². The number of Topliss-reactive ketones (excluding diaryl/α,β-unsaturated/α-hetero) is 1. The number of hydrogen-bond donors (Lipinski definition) is 0. The van der Waals surface area contributed by atoms with Crippen LogP contribution in [-0.4, -0.2) is 35.3 Å². The number of carbonyl (C=O) groups excluding carboxylic acids is 1. The Morgan fingerprint density at radius 3 is 1.50 bits per heavy atom. The first kappa shape index (κ1) is 19.5. The van der Waals surface area contributed by atoms with Crippen molar-refractivity contribution in [2.75, 3.05) is 0 Å². The van der Waals surface area contributed by atoms with Gasteiger partial charge in [-0.25, -0.2) is 28.1 Å². The molecule has 2 aromatic rings. The first-order chi connectivity index (χ1) is 15.5. The highest BCUT2D eigenvalue weighted by Crippen LogP contribution is 2.67. The molecule has 32 heavy (non-hydrogen) atoms. The van der Waals surface area contributed by atoms with Gasteiger partial charge in [0.2, 0.25) is 0 Å². The third-order valence-corrected chi connectivity index (χ3v) is 7.93. The zero-order valence-electron chi connectivity index (χ0n) is 17.4. The predicted octanol–water partition coefficient (Wildman–Crippen LogP) is 3.72. The van der Waals surface area contributed by atoms with Crippen molar-refractivity contribution in [2.45, 2.75) is 49.6 Å². The van der Waals surface area contributed by atoms with Crippen LogP contribution < -0.4 is 0 Å². The Kier molecular flexibility index (Phi) is 3.89. The molecule has 6 rings (SSSR count). The second-order valence-electron chi connectivity index (χ2n) is 9.27. The summed E-state index contributed by atoms with van der Waals surface area (Å²) in [6.45, 7) is 0. The van der Waals surface area contributed by atoms with E-state index < -0.39 is 21.9 Å². The molecule has 0 saturated heterocycles. The molecule has 7 nitrogen and oxygen atoms in total. The summed E-state index contributed by atoms with van der Waals surface area (Å²) in [7, 11) is 0. The normalized spacial score (nSPS) is 31.7. The van der Waals surface area contributed by atoms with Gasteiger partial charge in [-0.05, 0) is 62.8 Å². The van der Waals surface area contributed by atoms with Crippen molar-refractivity contribution in [1.82, 2.24) is 29.5 Å². The standard InChI is InChI=1S/C23H22F2N6O/c24-17-1-5-20(6-2-17,22(9-10-22)30-15-26-13-28-30)19(32)21(7-3-18(25)4-8-21)23(11-12-23)31-16-27-14-29-31/h1-5,7,13-16H,6,8-12H2. The molecule has 2 atom stereocenters. The molecule has 2 unspecified atom stereocenters. The van der Waals surface area contributed by atoms with Crippen LogP contribution in [0, 0.1) is 10.8 Å². The van der Waals surface area contributed by atoms with Gasteiger partial charge >= 0.3 is 0 Å². The van der Waals surface area contributed by atoms with E-state index in [0.717, 1.165) is 25.7 Å². The van der Waals surface area contributed by atoms with E-state index >= 15 is 0 Å². The number of allylic oxidation sites excluding steroid dienone is 8. The molecule has 0 aromatic carbocycles. The summed E-state index contributed by atoms with van der Waals surface area (Å²) in [4.78, 5) is 23.0. The maximum Gasteiger partial charge on any atom is 0.158 e. The zero-order chi connectivity index (χ0) is 22.0. The van der Waals surface area contributed by atoms with Crippen LogP contribution in [0.2, 0.25) is 0 Å². The van der Waals surface area contributed by atoms with Crippen molar-refractivity contribution in [3.63, 3.8) is 0 Å². The Bertz CT molecular complexity index is 1090. The van der Waals surface area contributed by atoms with Crippen LogP contribution in [0.15, 0.2) is 73.4 Å². The molecule has 0 aliphatic heterocycles. The van der Waals surface area contributed by atoms with E-state index in [4.69, 9.17) is 0 Å². The monoisotopic (exact) mass is 436 g/mol. The minimum absolute atomic E-state index is 0.0639. The van der Waals surface area contributed by atoms with Gasteiger partial charge in [-0.3, -0.25) is 4.79 Å². The lowest BCUT2D eigenvalue weighted by Gasteiger charge is -2.48. The van der Waals surface area contributed by atoms with Crippen LogP contribution in [0.25, 0.3) is 0 Å². The van der Waals surface area contributed by atoms with E-state index in [2.05, 4.69) is 20.2 Å². The highest BCUT2D eigenvalue weighted by molar-refractivity contribution is 5.97. The van der Waals surface area contributed by atoms with Crippen molar-refractivity contribution in [2.24, 2.45) is 10.8 Å². The molecule has 164 valence electrons. The van der Waals surface area contributed by atoms with E-state index in [1.165, 1.54) is 37.0 Å².